The van der Waals surface area contributed by atoms with Crippen molar-refractivity contribution >= 4 is 15.9 Å². The normalized spacial score (nSPS) is 18.3. The van der Waals surface area contributed by atoms with Crippen LogP contribution < -0.4 is 10.5 Å². The first-order valence-corrected chi connectivity index (χ1v) is 5.24. The first-order chi connectivity index (χ1) is 6.27. The van der Waals surface area contributed by atoms with Crippen molar-refractivity contribution < 1.29 is 4.74 Å². The third kappa shape index (κ3) is 2.23. The number of ether oxygens (including phenoxy) is 1. The number of hydrogen-bond donors (Lipinski definition) is 1. The van der Waals surface area contributed by atoms with Crippen molar-refractivity contribution in [3.63, 3.8) is 0 Å². The summed E-state index contributed by atoms with van der Waals surface area (Å²) in [7, 11) is 0. The van der Waals surface area contributed by atoms with Crippen molar-refractivity contribution in [3.8, 4) is 5.75 Å². The monoisotopic (exact) mass is 243 g/mol. The van der Waals surface area contributed by atoms with E-state index in [9.17, 15) is 0 Å². The molecule has 0 fully saturated rings. The Morgan fingerprint density at radius 2 is 2.15 bits per heavy atom. The Balaban J connectivity index is 0.000000396. The summed E-state index contributed by atoms with van der Waals surface area (Å²) in [5.41, 5.74) is 6.86. The molecule has 2 rings (SSSR count). The lowest BCUT2D eigenvalue weighted by atomic mass is 10.1. The second-order valence-electron chi connectivity index (χ2n) is 2.60. The average Bonchev–Trinajstić information content (AvgIpc) is 2.51. The van der Waals surface area contributed by atoms with Crippen molar-refractivity contribution in [2.24, 2.45) is 5.73 Å². The molecule has 1 heterocycles. The summed E-state index contributed by atoms with van der Waals surface area (Å²) in [4.78, 5) is 0. The van der Waals surface area contributed by atoms with Crippen molar-refractivity contribution in [3.05, 3.63) is 28.2 Å². The zero-order valence-electron chi connectivity index (χ0n) is 7.88. The van der Waals surface area contributed by atoms with E-state index >= 15 is 0 Å². The molecule has 2 N–H and O–H groups in total. The summed E-state index contributed by atoms with van der Waals surface area (Å²) < 4.78 is 6.37. The molecule has 0 aliphatic carbocycles. The molecule has 1 atom stereocenters. The van der Waals surface area contributed by atoms with E-state index in [0.29, 0.717) is 6.61 Å². The Hall–Kier alpha value is -0.540. The Kier molecular flexibility index (Phi) is 3.75. The van der Waals surface area contributed by atoms with Gasteiger partial charge in [0.15, 0.2) is 0 Å². The lowest BCUT2D eigenvalue weighted by Gasteiger charge is -1.99. The Morgan fingerprint density at radius 3 is 2.85 bits per heavy atom. The molecule has 0 amide bonds. The van der Waals surface area contributed by atoms with Crippen molar-refractivity contribution in [2.75, 3.05) is 6.61 Å². The van der Waals surface area contributed by atoms with Crippen LogP contribution in [-0.2, 0) is 0 Å². The molecule has 1 aromatic rings. The predicted molar refractivity (Wildman–Crippen MR) is 57.9 cm³/mol. The van der Waals surface area contributed by atoms with Gasteiger partial charge in [0, 0.05) is 10.0 Å². The van der Waals surface area contributed by atoms with Crippen LogP contribution in [0.3, 0.4) is 0 Å². The SMILES string of the molecule is CC.NC1COc2cc(Br)ccc21. The Bertz CT molecular complexity index is 288. The zero-order chi connectivity index (χ0) is 9.84. The van der Waals surface area contributed by atoms with Gasteiger partial charge >= 0.3 is 0 Å². The van der Waals surface area contributed by atoms with Gasteiger partial charge in [-0.25, -0.2) is 0 Å². The van der Waals surface area contributed by atoms with Gasteiger partial charge in [0.25, 0.3) is 0 Å². The molecule has 72 valence electrons. The van der Waals surface area contributed by atoms with Crippen LogP contribution in [0.4, 0.5) is 0 Å². The minimum absolute atomic E-state index is 0.0538. The highest BCUT2D eigenvalue weighted by Crippen LogP contribution is 2.32. The van der Waals surface area contributed by atoms with Gasteiger partial charge in [-0.3, -0.25) is 0 Å². The maximum Gasteiger partial charge on any atom is 0.125 e. The highest BCUT2D eigenvalue weighted by atomic mass is 79.9. The lowest BCUT2D eigenvalue weighted by Crippen LogP contribution is -2.10. The summed E-state index contributed by atoms with van der Waals surface area (Å²) >= 11 is 3.36. The van der Waals surface area contributed by atoms with E-state index in [0.717, 1.165) is 15.8 Å². The van der Waals surface area contributed by atoms with E-state index < -0.39 is 0 Å². The van der Waals surface area contributed by atoms with Crippen LogP contribution in [-0.4, -0.2) is 6.61 Å². The third-order valence-electron chi connectivity index (χ3n) is 1.79. The minimum atomic E-state index is 0.0538. The van der Waals surface area contributed by atoms with Crippen LogP contribution in [0.25, 0.3) is 0 Å². The number of fused-ring (bicyclic) bond motifs is 1. The van der Waals surface area contributed by atoms with E-state index in [2.05, 4.69) is 15.9 Å². The molecule has 0 radical (unpaired) electrons. The molecule has 0 saturated carbocycles. The molecule has 0 aromatic heterocycles. The number of hydrogen-bond acceptors (Lipinski definition) is 2. The Labute approximate surface area is 87.2 Å². The second kappa shape index (κ2) is 4.63. The summed E-state index contributed by atoms with van der Waals surface area (Å²) in [6, 6.07) is 5.98. The van der Waals surface area contributed by atoms with Gasteiger partial charge in [0.1, 0.15) is 12.4 Å². The number of nitrogens with two attached hydrogens (primary N) is 1. The van der Waals surface area contributed by atoms with Gasteiger partial charge in [-0.15, -0.1) is 0 Å². The van der Waals surface area contributed by atoms with Gasteiger partial charge in [-0.1, -0.05) is 35.8 Å². The molecule has 1 aliphatic rings. The molecular weight excluding hydrogens is 230 g/mol. The van der Waals surface area contributed by atoms with Gasteiger partial charge in [-0.05, 0) is 12.1 Å². The number of halogens is 1. The Morgan fingerprint density at radius 1 is 1.46 bits per heavy atom. The molecular formula is C10H14BrNO. The number of rotatable bonds is 0. The highest BCUT2D eigenvalue weighted by Gasteiger charge is 2.19. The molecule has 1 unspecified atom stereocenters. The van der Waals surface area contributed by atoms with Crippen LogP contribution >= 0.6 is 15.9 Å². The molecule has 1 aliphatic heterocycles. The van der Waals surface area contributed by atoms with Crippen molar-refractivity contribution in [2.45, 2.75) is 19.9 Å². The van der Waals surface area contributed by atoms with Crippen LogP contribution in [0.15, 0.2) is 22.7 Å². The smallest absolute Gasteiger partial charge is 0.125 e. The standard InChI is InChI=1S/C8H8BrNO.C2H6/c9-5-1-2-6-7(10)4-11-8(6)3-5;1-2/h1-3,7H,4,10H2;1-2H3. The van der Waals surface area contributed by atoms with Crippen LogP contribution in [0.2, 0.25) is 0 Å². The first-order valence-electron chi connectivity index (χ1n) is 4.45. The summed E-state index contributed by atoms with van der Waals surface area (Å²) in [6.07, 6.45) is 0. The van der Waals surface area contributed by atoms with Crippen LogP contribution in [0, 0.1) is 0 Å². The molecule has 2 nitrogen and oxygen atoms in total. The average molecular weight is 244 g/mol. The minimum Gasteiger partial charge on any atom is -0.491 e. The fraction of sp³-hybridized carbons (Fsp3) is 0.400. The maximum absolute atomic E-state index is 5.76. The van der Waals surface area contributed by atoms with Crippen LogP contribution in [0.5, 0.6) is 5.75 Å². The van der Waals surface area contributed by atoms with Crippen LogP contribution in [0.1, 0.15) is 25.5 Å². The van der Waals surface area contributed by atoms with E-state index in [1.54, 1.807) is 0 Å². The van der Waals surface area contributed by atoms with E-state index in [1.807, 2.05) is 32.0 Å². The molecule has 3 heteroatoms. The quantitative estimate of drug-likeness (QED) is 0.761. The summed E-state index contributed by atoms with van der Waals surface area (Å²) in [5.74, 6) is 0.909. The molecule has 0 spiro atoms. The zero-order valence-corrected chi connectivity index (χ0v) is 9.47. The van der Waals surface area contributed by atoms with E-state index in [4.69, 9.17) is 10.5 Å². The first kappa shape index (κ1) is 10.5. The fourth-order valence-corrected chi connectivity index (χ4v) is 1.55. The number of benzene rings is 1. The van der Waals surface area contributed by atoms with Gasteiger partial charge in [-0.2, -0.15) is 0 Å². The molecule has 13 heavy (non-hydrogen) atoms. The van der Waals surface area contributed by atoms with E-state index in [1.165, 1.54) is 0 Å². The van der Waals surface area contributed by atoms with Crippen molar-refractivity contribution in [1.82, 2.24) is 0 Å². The van der Waals surface area contributed by atoms with Crippen molar-refractivity contribution in [1.29, 1.82) is 0 Å². The topological polar surface area (TPSA) is 35.2 Å². The van der Waals surface area contributed by atoms with Gasteiger partial charge in [0.05, 0.1) is 6.04 Å². The highest BCUT2D eigenvalue weighted by molar-refractivity contribution is 9.10. The molecule has 1 aromatic carbocycles. The van der Waals surface area contributed by atoms with E-state index in [-0.39, 0.29) is 6.04 Å². The summed E-state index contributed by atoms with van der Waals surface area (Å²) in [6.45, 7) is 4.60. The lowest BCUT2D eigenvalue weighted by molar-refractivity contribution is 0.333. The fourth-order valence-electron chi connectivity index (χ4n) is 1.21. The van der Waals surface area contributed by atoms with Gasteiger partial charge < -0.3 is 10.5 Å². The second-order valence-corrected chi connectivity index (χ2v) is 3.52. The maximum atomic E-state index is 5.76. The molecule has 0 saturated heterocycles. The third-order valence-corrected chi connectivity index (χ3v) is 2.29. The molecule has 0 bridgehead atoms. The largest absolute Gasteiger partial charge is 0.491 e. The predicted octanol–water partition coefficient (Wildman–Crippen LogP) is 2.87. The summed E-state index contributed by atoms with van der Waals surface area (Å²) in [5, 5.41) is 0. The van der Waals surface area contributed by atoms with Gasteiger partial charge in [0.2, 0.25) is 0 Å².